The van der Waals surface area contributed by atoms with Crippen LogP contribution in [-0.2, 0) is 6.42 Å². The van der Waals surface area contributed by atoms with Crippen LogP contribution in [0.25, 0.3) is 0 Å². The summed E-state index contributed by atoms with van der Waals surface area (Å²) in [6.07, 6.45) is 1.13. The maximum Gasteiger partial charge on any atom is 0.129 e. The highest BCUT2D eigenvalue weighted by atomic mass is 15.0. The molecule has 15 heavy (non-hydrogen) atoms. The minimum Gasteiger partial charge on any atom is -0.369 e. The quantitative estimate of drug-likeness (QED) is 0.799. The number of rotatable bonds is 2. The minimum absolute atomic E-state index is 0.509. The topological polar surface area (TPSA) is 24.9 Å². The number of aromatic nitrogens is 1. The molecule has 0 amide bonds. The van der Waals surface area contributed by atoms with Crippen LogP contribution in [0.5, 0.6) is 0 Å². The third-order valence-corrected chi connectivity index (χ3v) is 3.06. The Balaban J connectivity index is 2.52. The number of hydrogen-bond acceptors (Lipinski definition) is 2. The first-order valence-corrected chi connectivity index (χ1v) is 5.87. The van der Waals surface area contributed by atoms with Gasteiger partial charge in [0.2, 0.25) is 0 Å². The Bertz CT molecular complexity index is 367. The van der Waals surface area contributed by atoms with Crippen LogP contribution in [0.1, 0.15) is 56.4 Å². The Morgan fingerprint density at radius 3 is 2.53 bits per heavy atom. The number of anilines is 1. The van der Waals surface area contributed by atoms with E-state index in [0.717, 1.165) is 18.8 Å². The van der Waals surface area contributed by atoms with Crippen LogP contribution in [0.3, 0.4) is 0 Å². The summed E-state index contributed by atoms with van der Waals surface area (Å²) in [5.41, 5.74) is 4.13. The van der Waals surface area contributed by atoms with E-state index in [1.54, 1.807) is 0 Å². The number of nitrogens with zero attached hydrogens (tertiary/aromatic N) is 1. The van der Waals surface area contributed by atoms with Crippen molar-refractivity contribution >= 4 is 5.82 Å². The molecule has 0 spiro atoms. The highest BCUT2D eigenvalue weighted by molar-refractivity contribution is 5.55. The zero-order chi connectivity index (χ0) is 11.0. The molecule has 0 radical (unpaired) electrons. The van der Waals surface area contributed by atoms with Crippen LogP contribution in [0.15, 0.2) is 6.07 Å². The van der Waals surface area contributed by atoms with Gasteiger partial charge in [0.05, 0.1) is 0 Å². The van der Waals surface area contributed by atoms with Gasteiger partial charge in [0, 0.05) is 12.2 Å². The van der Waals surface area contributed by atoms with Crippen molar-refractivity contribution in [2.45, 2.75) is 46.0 Å². The second-order valence-corrected chi connectivity index (χ2v) is 4.95. The molecule has 0 saturated heterocycles. The second-order valence-electron chi connectivity index (χ2n) is 4.95. The molecular formula is C13H20N2. The average molecular weight is 204 g/mol. The van der Waals surface area contributed by atoms with Gasteiger partial charge in [-0.2, -0.15) is 0 Å². The lowest BCUT2D eigenvalue weighted by Crippen LogP contribution is -2.02. The monoisotopic (exact) mass is 204 g/mol. The summed E-state index contributed by atoms with van der Waals surface area (Å²) in [5.74, 6) is 2.24. The molecule has 0 bridgehead atoms. The first-order valence-electron chi connectivity index (χ1n) is 5.87. The van der Waals surface area contributed by atoms with Crippen LogP contribution < -0.4 is 5.32 Å². The molecule has 1 aliphatic rings. The van der Waals surface area contributed by atoms with Crippen molar-refractivity contribution in [1.82, 2.24) is 4.98 Å². The molecule has 1 aromatic rings. The molecule has 0 unspecified atom stereocenters. The highest BCUT2D eigenvalue weighted by Gasteiger charge is 2.19. The van der Waals surface area contributed by atoms with E-state index in [0.29, 0.717) is 11.8 Å². The van der Waals surface area contributed by atoms with Crippen molar-refractivity contribution in [3.8, 4) is 0 Å². The minimum atomic E-state index is 0.509. The lowest BCUT2D eigenvalue weighted by Gasteiger charge is -2.15. The number of pyridine rings is 1. The number of fused-ring (bicyclic) bond motifs is 1. The van der Waals surface area contributed by atoms with E-state index in [-0.39, 0.29) is 0 Å². The van der Waals surface area contributed by atoms with Crippen molar-refractivity contribution < 1.29 is 0 Å². The van der Waals surface area contributed by atoms with E-state index >= 15 is 0 Å². The van der Waals surface area contributed by atoms with Gasteiger partial charge in [-0.25, -0.2) is 4.98 Å². The number of nitrogens with one attached hydrogen (secondary N) is 1. The Morgan fingerprint density at radius 2 is 1.93 bits per heavy atom. The summed E-state index contributed by atoms with van der Waals surface area (Å²) >= 11 is 0. The molecule has 82 valence electrons. The van der Waals surface area contributed by atoms with E-state index in [1.165, 1.54) is 16.8 Å². The van der Waals surface area contributed by atoms with Gasteiger partial charge in [-0.05, 0) is 35.4 Å². The molecule has 2 nitrogen and oxygen atoms in total. The lowest BCUT2D eigenvalue weighted by molar-refractivity contribution is 0.796. The molecule has 2 heterocycles. The van der Waals surface area contributed by atoms with Gasteiger partial charge >= 0.3 is 0 Å². The Morgan fingerprint density at radius 1 is 1.20 bits per heavy atom. The van der Waals surface area contributed by atoms with Crippen LogP contribution >= 0.6 is 0 Å². The second kappa shape index (κ2) is 3.84. The molecule has 0 aromatic carbocycles. The molecule has 0 aliphatic carbocycles. The van der Waals surface area contributed by atoms with Crippen LogP contribution in [-0.4, -0.2) is 11.5 Å². The SMILES string of the molecule is CC(C)c1cc(C(C)C)c2c(n1)NCC2. The molecule has 1 N–H and O–H groups in total. The van der Waals surface area contributed by atoms with Crippen LogP contribution in [0, 0.1) is 0 Å². The first-order chi connectivity index (χ1) is 7.09. The molecule has 2 rings (SSSR count). The molecule has 0 saturated carbocycles. The molecule has 0 fully saturated rings. The van der Waals surface area contributed by atoms with Crippen molar-refractivity contribution in [3.05, 3.63) is 22.9 Å². The lowest BCUT2D eigenvalue weighted by atomic mass is 9.94. The molecule has 2 heteroatoms. The summed E-state index contributed by atoms with van der Waals surface area (Å²) in [4.78, 5) is 4.68. The summed E-state index contributed by atoms with van der Waals surface area (Å²) in [6, 6.07) is 2.29. The fraction of sp³-hybridized carbons (Fsp3) is 0.615. The maximum absolute atomic E-state index is 4.68. The Kier molecular flexibility index (Phi) is 2.68. The average Bonchev–Trinajstić information content (AvgIpc) is 2.62. The van der Waals surface area contributed by atoms with Crippen LogP contribution in [0.2, 0.25) is 0 Å². The fourth-order valence-corrected chi connectivity index (χ4v) is 2.14. The van der Waals surface area contributed by atoms with Gasteiger partial charge in [0.15, 0.2) is 0 Å². The van der Waals surface area contributed by atoms with Gasteiger partial charge in [-0.15, -0.1) is 0 Å². The van der Waals surface area contributed by atoms with Gasteiger partial charge in [-0.1, -0.05) is 27.7 Å². The Labute approximate surface area is 92.1 Å². The van der Waals surface area contributed by atoms with E-state index in [9.17, 15) is 0 Å². The highest BCUT2D eigenvalue weighted by Crippen LogP contribution is 2.31. The summed E-state index contributed by atoms with van der Waals surface area (Å²) < 4.78 is 0. The molecule has 1 aliphatic heterocycles. The van der Waals surface area contributed by atoms with E-state index in [4.69, 9.17) is 0 Å². The fourth-order valence-electron chi connectivity index (χ4n) is 2.14. The van der Waals surface area contributed by atoms with Crippen molar-refractivity contribution in [2.75, 3.05) is 11.9 Å². The number of hydrogen-bond donors (Lipinski definition) is 1. The first kappa shape index (κ1) is 10.5. The zero-order valence-electron chi connectivity index (χ0n) is 10.1. The van der Waals surface area contributed by atoms with Crippen molar-refractivity contribution in [3.63, 3.8) is 0 Å². The maximum atomic E-state index is 4.68. The van der Waals surface area contributed by atoms with E-state index in [2.05, 4.69) is 44.1 Å². The summed E-state index contributed by atoms with van der Waals surface area (Å²) in [6.45, 7) is 9.97. The van der Waals surface area contributed by atoms with Gasteiger partial charge in [0.1, 0.15) is 5.82 Å². The predicted molar refractivity (Wildman–Crippen MR) is 64.6 cm³/mol. The standard InChI is InChI=1S/C13H20N2/c1-8(2)11-7-12(9(3)4)15-13-10(11)5-6-14-13/h7-9H,5-6H2,1-4H3,(H,14,15). The smallest absolute Gasteiger partial charge is 0.129 e. The molecule has 1 aromatic heterocycles. The van der Waals surface area contributed by atoms with Gasteiger partial charge < -0.3 is 5.32 Å². The van der Waals surface area contributed by atoms with Gasteiger partial charge in [0.25, 0.3) is 0 Å². The van der Waals surface area contributed by atoms with Gasteiger partial charge in [-0.3, -0.25) is 0 Å². The normalized spacial score (nSPS) is 14.5. The summed E-state index contributed by atoms with van der Waals surface area (Å²) in [5, 5.41) is 3.38. The van der Waals surface area contributed by atoms with Crippen LogP contribution in [0.4, 0.5) is 5.82 Å². The van der Waals surface area contributed by atoms with E-state index < -0.39 is 0 Å². The largest absolute Gasteiger partial charge is 0.369 e. The molecular weight excluding hydrogens is 184 g/mol. The van der Waals surface area contributed by atoms with Crippen molar-refractivity contribution in [2.24, 2.45) is 0 Å². The summed E-state index contributed by atoms with van der Waals surface area (Å²) in [7, 11) is 0. The third kappa shape index (κ3) is 1.85. The third-order valence-electron chi connectivity index (χ3n) is 3.06. The van der Waals surface area contributed by atoms with Crippen molar-refractivity contribution in [1.29, 1.82) is 0 Å². The van der Waals surface area contributed by atoms with E-state index in [1.807, 2.05) is 0 Å². The Hall–Kier alpha value is -1.05. The zero-order valence-corrected chi connectivity index (χ0v) is 10.1. The predicted octanol–water partition coefficient (Wildman–Crippen LogP) is 3.30. The molecule has 0 atom stereocenters.